The quantitative estimate of drug-likeness (QED) is 0.494. The lowest BCUT2D eigenvalue weighted by Crippen LogP contribution is -2.48. The molecular formula is C29H35ClN2O6S. The summed E-state index contributed by atoms with van der Waals surface area (Å²) in [5, 5.41) is 11.3. The van der Waals surface area contributed by atoms with E-state index in [2.05, 4.69) is 21.8 Å². The maximum absolute atomic E-state index is 13.0. The Bertz CT molecular complexity index is 1370. The van der Waals surface area contributed by atoms with Crippen LogP contribution in [0.15, 0.2) is 36.4 Å². The van der Waals surface area contributed by atoms with Crippen LogP contribution >= 0.6 is 11.6 Å². The molecule has 2 aromatic rings. The molecule has 210 valence electrons. The van der Waals surface area contributed by atoms with Gasteiger partial charge in [0.15, 0.2) is 0 Å². The molecule has 10 heteroatoms. The van der Waals surface area contributed by atoms with E-state index in [4.69, 9.17) is 21.1 Å². The molecule has 6 rings (SSSR count). The summed E-state index contributed by atoms with van der Waals surface area (Å²) in [5.74, 6) is 0.402. The molecule has 2 bridgehead atoms. The minimum atomic E-state index is -3.90. The van der Waals surface area contributed by atoms with Crippen molar-refractivity contribution in [1.82, 2.24) is 4.72 Å². The van der Waals surface area contributed by atoms with E-state index in [1.54, 1.807) is 18.2 Å². The highest BCUT2D eigenvalue weighted by Gasteiger charge is 2.43. The van der Waals surface area contributed by atoms with E-state index in [1.807, 2.05) is 6.07 Å². The number of aryl methyl sites for hydroxylation is 1. The fourth-order valence-corrected chi connectivity index (χ4v) is 7.82. The SMILES string of the molecule is O=C1NS(=O)(=O)CCOC[C@H](O)C[C@@H]2CC[C@H]2CN2C[C@@]3(CCCc4cc(Cl)ccc43)COc3ccc1cc32. The van der Waals surface area contributed by atoms with Gasteiger partial charge in [0.25, 0.3) is 5.91 Å². The molecule has 4 aliphatic rings. The van der Waals surface area contributed by atoms with E-state index in [0.717, 1.165) is 49.4 Å². The molecule has 1 amide bonds. The lowest BCUT2D eigenvalue weighted by molar-refractivity contribution is 0.00957. The smallest absolute Gasteiger partial charge is 0.264 e. The van der Waals surface area contributed by atoms with Gasteiger partial charge in [-0.25, -0.2) is 13.1 Å². The Morgan fingerprint density at radius 1 is 1.13 bits per heavy atom. The number of fused-ring (bicyclic) bond motifs is 4. The number of aliphatic hydroxyl groups is 1. The number of hydrogen-bond acceptors (Lipinski definition) is 7. The fourth-order valence-electron chi connectivity index (χ4n) is 6.78. The number of amides is 1. The van der Waals surface area contributed by atoms with Gasteiger partial charge in [0.2, 0.25) is 10.0 Å². The molecule has 0 radical (unpaired) electrons. The number of carbonyl (C=O) groups is 1. The number of carbonyl (C=O) groups excluding carboxylic acids is 1. The predicted octanol–water partition coefficient (Wildman–Crippen LogP) is 3.68. The summed E-state index contributed by atoms with van der Waals surface area (Å²) in [6.45, 7) is 1.98. The summed E-state index contributed by atoms with van der Waals surface area (Å²) in [6.07, 6.45) is 5.07. The maximum Gasteiger partial charge on any atom is 0.264 e. The van der Waals surface area contributed by atoms with Crippen molar-refractivity contribution < 1.29 is 27.8 Å². The average molecular weight is 575 g/mol. The molecule has 1 fully saturated rings. The van der Waals surface area contributed by atoms with Crippen LogP contribution in [0.2, 0.25) is 5.02 Å². The molecule has 0 aromatic heterocycles. The largest absolute Gasteiger partial charge is 0.490 e. The number of aliphatic hydroxyl groups excluding tert-OH is 1. The zero-order chi connectivity index (χ0) is 27.2. The Hall–Kier alpha value is -2.33. The molecule has 1 saturated carbocycles. The zero-order valence-electron chi connectivity index (χ0n) is 21.9. The molecule has 2 aliphatic carbocycles. The molecule has 0 unspecified atom stereocenters. The number of benzene rings is 2. The molecule has 2 aliphatic heterocycles. The third-order valence-electron chi connectivity index (χ3n) is 8.96. The van der Waals surface area contributed by atoms with E-state index in [-0.39, 0.29) is 29.9 Å². The van der Waals surface area contributed by atoms with Gasteiger partial charge in [-0.15, -0.1) is 0 Å². The van der Waals surface area contributed by atoms with Gasteiger partial charge in [-0.2, -0.15) is 0 Å². The summed E-state index contributed by atoms with van der Waals surface area (Å²) >= 11 is 6.36. The van der Waals surface area contributed by atoms with Gasteiger partial charge in [-0.3, -0.25) is 4.79 Å². The molecule has 8 nitrogen and oxygen atoms in total. The first kappa shape index (κ1) is 26.9. The van der Waals surface area contributed by atoms with Crippen LogP contribution in [-0.2, 0) is 26.6 Å². The molecule has 2 N–H and O–H groups in total. The van der Waals surface area contributed by atoms with Crippen LogP contribution in [0.25, 0.3) is 0 Å². The number of nitrogens with one attached hydrogen (secondary N) is 1. The highest BCUT2D eigenvalue weighted by atomic mass is 35.5. The van der Waals surface area contributed by atoms with Gasteiger partial charge in [0.05, 0.1) is 37.4 Å². The van der Waals surface area contributed by atoms with Crippen molar-refractivity contribution in [3.05, 3.63) is 58.1 Å². The highest BCUT2D eigenvalue weighted by molar-refractivity contribution is 7.90. The van der Waals surface area contributed by atoms with Crippen LogP contribution in [0.4, 0.5) is 5.69 Å². The van der Waals surface area contributed by atoms with Crippen LogP contribution in [-0.4, -0.2) is 64.2 Å². The lowest BCUT2D eigenvalue weighted by Gasteiger charge is -2.45. The van der Waals surface area contributed by atoms with Gasteiger partial charge in [-0.05, 0) is 91.8 Å². The van der Waals surface area contributed by atoms with E-state index >= 15 is 0 Å². The summed E-state index contributed by atoms with van der Waals surface area (Å²) in [7, 11) is -3.90. The Balaban J connectivity index is 1.40. The third kappa shape index (κ3) is 5.51. The summed E-state index contributed by atoms with van der Waals surface area (Å²) in [6, 6.07) is 11.3. The van der Waals surface area contributed by atoms with Crippen molar-refractivity contribution in [1.29, 1.82) is 0 Å². The number of ether oxygens (including phenoxy) is 2. The van der Waals surface area contributed by atoms with Crippen molar-refractivity contribution in [2.24, 2.45) is 11.8 Å². The van der Waals surface area contributed by atoms with E-state index in [1.165, 1.54) is 11.1 Å². The number of anilines is 1. The number of halogens is 1. The second kappa shape index (κ2) is 10.6. The van der Waals surface area contributed by atoms with Crippen LogP contribution in [0.5, 0.6) is 5.75 Å². The van der Waals surface area contributed by atoms with Crippen LogP contribution in [0, 0.1) is 11.8 Å². The number of sulfonamides is 1. The zero-order valence-corrected chi connectivity index (χ0v) is 23.5. The Labute approximate surface area is 234 Å². The van der Waals surface area contributed by atoms with Crippen molar-refractivity contribution in [2.45, 2.75) is 50.0 Å². The second-order valence-corrected chi connectivity index (χ2v) is 13.9. The number of hydrogen-bond donors (Lipinski definition) is 2. The molecule has 39 heavy (non-hydrogen) atoms. The number of nitrogens with zero attached hydrogens (tertiary/aromatic N) is 1. The minimum absolute atomic E-state index is 0.0793. The van der Waals surface area contributed by atoms with Gasteiger partial charge in [0.1, 0.15) is 5.75 Å². The molecule has 0 saturated heterocycles. The van der Waals surface area contributed by atoms with Gasteiger partial charge < -0.3 is 19.5 Å². The second-order valence-electron chi connectivity index (χ2n) is 11.6. The van der Waals surface area contributed by atoms with Crippen LogP contribution < -0.4 is 14.4 Å². The molecule has 1 spiro atoms. The Morgan fingerprint density at radius 3 is 2.79 bits per heavy atom. The first-order chi connectivity index (χ1) is 18.7. The van der Waals surface area contributed by atoms with E-state index in [9.17, 15) is 18.3 Å². The van der Waals surface area contributed by atoms with Crippen LogP contribution in [0.3, 0.4) is 0 Å². The third-order valence-corrected chi connectivity index (χ3v) is 10.4. The highest BCUT2D eigenvalue weighted by Crippen LogP contribution is 2.46. The molecule has 2 aromatic carbocycles. The van der Waals surface area contributed by atoms with Crippen molar-refractivity contribution in [3.8, 4) is 5.75 Å². The average Bonchev–Trinajstić information content (AvgIpc) is 3.04. The van der Waals surface area contributed by atoms with Crippen LogP contribution in [0.1, 0.15) is 53.6 Å². The topological polar surface area (TPSA) is 105 Å². The first-order valence-corrected chi connectivity index (χ1v) is 15.9. The fraction of sp³-hybridized carbons (Fsp3) is 0.552. The van der Waals surface area contributed by atoms with Gasteiger partial charge in [-0.1, -0.05) is 17.7 Å². The molecule has 4 atom stereocenters. The molecule has 2 heterocycles. The predicted molar refractivity (Wildman–Crippen MR) is 149 cm³/mol. The lowest BCUT2D eigenvalue weighted by atomic mass is 9.68. The Kier molecular flexibility index (Phi) is 7.29. The normalized spacial score (nSPS) is 30.7. The summed E-state index contributed by atoms with van der Waals surface area (Å²) in [4.78, 5) is 15.4. The van der Waals surface area contributed by atoms with Crippen molar-refractivity contribution >= 4 is 33.2 Å². The number of rotatable bonds is 0. The summed E-state index contributed by atoms with van der Waals surface area (Å²) in [5.41, 5.74) is 3.36. The minimum Gasteiger partial charge on any atom is -0.490 e. The van der Waals surface area contributed by atoms with Gasteiger partial charge in [0, 0.05) is 29.1 Å². The van der Waals surface area contributed by atoms with Crippen molar-refractivity contribution in [3.63, 3.8) is 0 Å². The summed E-state index contributed by atoms with van der Waals surface area (Å²) < 4.78 is 39.2. The first-order valence-electron chi connectivity index (χ1n) is 13.8. The monoisotopic (exact) mass is 574 g/mol. The van der Waals surface area contributed by atoms with E-state index in [0.29, 0.717) is 37.2 Å². The molecular weight excluding hydrogens is 540 g/mol. The van der Waals surface area contributed by atoms with E-state index < -0.39 is 22.0 Å². The standard InChI is InChI=1S/C29H35ClN2O6S/c30-23-6-7-25-20(12-23)2-1-9-29(25)17-32-15-22-4-3-19(22)13-24(33)16-37-10-11-39(35,36)31-28(34)21-5-8-27(38-18-29)26(32)14-21/h5-8,12,14,19,22,24,33H,1-4,9-11,13,15-18H2,(H,31,34)/t19-,22-,24+,29-/m0/s1. The Morgan fingerprint density at radius 2 is 1.97 bits per heavy atom. The van der Waals surface area contributed by atoms with Crippen molar-refractivity contribution in [2.75, 3.05) is 43.6 Å². The van der Waals surface area contributed by atoms with Gasteiger partial charge >= 0.3 is 0 Å². The maximum atomic E-state index is 13.0.